The van der Waals surface area contributed by atoms with E-state index in [0.717, 1.165) is 18.0 Å². The first-order chi connectivity index (χ1) is 6.74. The predicted molar refractivity (Wildman–Crippen MR) is 62.8 cm³/mol. The summed E-state index contributed by atoms with van der Waals surface area (Å²) in [5.41, 5.74) is 6.82. The SMILES string of the molecule is CC(CCCCN)c1ccc(Cl)cc1. The van der Waals surface area contributed by atoms with Crippen molar-refractivity contribution in [2.45, 2.75) is 32.1 Å². The second-order valence-corrected chi connectivity index (χ2v) is 4.17. The zero-order valence-corrected chi connectivity index (χ0v) is 9.43. The molecule has 1 unspecified atom stereocenters. The number of unbranched alkanes of at least 4 members (excludes halogenated alkanes) is 1. The van der Waals surface area contributed by atoms with Crippen LogP contribution in [-0.4, -0.2) is 6.54 Å². The fourth-order valence-electron chi connectivity index (χ4n) is 1.55. The standard InChI is InChI=1S/C12H18ClN/c1-10(4-2-3-9-14)11-5-7-12(13)8-6-11/h5-8,10H,2-4,9,14H2,1H3. The van der Waals surface area contributed by atoms with Gasteiger partial charge in [0.25, 0.3) is 0 Å². The molecule has 1 rings (SSSR count). The average molecular weight is 212 g/mol. The van der Waals surface area contributed by atoms with Crippen LogP contribution in [0.3, 0.4) is 0 Å². The highest BCUT2D eigenvalue weighted by Crippen LogP contribution is 2.22. The molecule has 0 aliphatic rings. The maximum atomic E-state index is 5.83. The van der Waals surface area contributed by atoms with Gasteiger partial charge in [-0.05, 0) is 43.0 Å². The lowest BCUT2D eigenvalue weighted by Gasteiger charge is -2.11. The largest absolute Gasteiger partial charge is 0.330 e. The van der Waals surface area contributed by atoms with Gasteiger partial charge in [-0.15, -0.1) is 0 Å². The van der Waals surface area contributed by atoms with Crippen molar-refractivity contribution in [1.29, 1.82) is 0 Å². The zero-order valence-electron chi connectivity index (χ0n) is 8.67. The van der Waals surface area contributed by atoms with Gasteiger partial charge < -0.3 is 5.73 Å². The lowest BCUT2D eigenvalue weighted by molar-refractivity contribution is 0.609. The lowest BCUT2D eigenvalue weighted by atomic mass is 9.96. The van der Waals surface area contributed by atoms with E-state index < -0.39 is 0 Å². The van der Waals surface area contributed by atoms with Crippen LogP contribution in [0.5, 0.6) is 0 Å². The normalized spacial score (nSPS) is 12.8. The highest BCUT2D eigenvalue weighted by atomic mass is 35.5. The number of hydrogen-bond acceptors (Lipinski definition) is 1. The molecule has 0 heterocycles. The molecule has 0 fully saturated rings. The molecule has 0 spiro atoms. The van der Waals surface area contributed by atoms with Gasteiger partial charge in [-0.3, -0.25) is 0 Å². The molecular formula is C12H18ClN. The molecule has 1 aromatic carbocycles. The van der Waals surface area contributed by atoms with Gasteiger partial charge in [0.05, 0.1) is 0 Å². The zero-order chi connectivity index (χ0) is 10.4. The van der Waals surface area contributed by atoms with Gasteiger partial charge in [-0.2, -0.15) is 0 Å². The van der Waals surface area contributed by atoms with Crippen LogP contribution in [0.2, 0.25) is 5.02 Å². The van der Waals surface area contributed by atoms with Crippen molar-refractivity contribution in [3.8, 4) is 0 Å². The third-order valence-electron chi connectivity index (χ3n) is 2.53. The second kappa shape index (κ2) is 6.05. The summed E-state index contributed by atoms with van der Waals surface area (Å²) in [6, 6.07) is 8.12. The topological polar surface area (TPSA) is 26.0 Å². The predicted octanol–water partition coefficient (Wildman–Crippen LogP) is 3.57. The van der Waals surface area contributed by atoms with Crippen molar-refractivity contribution in [1.82, 2.24) is 0 Å². The molecule has 78 valence electrons. The van der Waals surface area contributed by atoms with E-state index in [1.807, 2.05) is 12.1 Å². The Morgan fingerprint density at radius 1 is 1.21 bits per heavy atom. The van der Waals surface area contributed by atoms with Crippen LogP contribution in [-0.2, 0) is 0 Å². The molecule has 1 atom stereocenters. The fourth-order valence-corrected chi connectivity index (χ4v) is 1.68. The summed E-state index contributed by atoms with van der Waals surface area (Å²) in [5, 5.41) is 0.808. The number of halogens is 1. The smallest absolute Gasteiger partial charge is 0.0406 e. The second-order valence-electron chi connectivity index (χ2n) is 3.74. The minimum Gasteiger partial charge on any atom is -0.330 e. The Kier molecular flexibility index (Phi) is 4.99. The minimum atomic E-state index is 0.610. The molecule has 0 bridgehead atoms. The van der Waals surface area contributed by atoms with Crippen molar-refractivity contribution in [2.24, 2.45) is 5.73 Å². The molecular weight excluding hydrogens is 194 g/mol. The minimum absolute atomic E-state index is 0.610. The number of hydrogen-bond donors (Lipinski definition) is 1. The Labute approximate surface area is 91.3 Å². The van der Waals surface area contributed by atoms with Crippen molar-refractivity contribution in [3.63, 3.8) is 0 Å². The van der Waals surface area contributed by atoms with Gasteiger partial charge in [0.2, 0.25) is 0 Å². The van der Waals surface area contributed by atoms with Crippen molar-refractivity contribution in [3.05, 3.63) is 34.9 Å². The molecule has 0 aromatic heterocycles. The molecule has 0 amide bonds. The summed E-state index contributed by atoms with van der Waals surface area (Å²) in [6.07, 6.45) is 3.54. The Hall–Kier alpha value is -0.530. The molecule has 14 heavy (non-hydrogen) atoms. The number of rotatable bonds is 5. The lowest BCUT2D eigenvalue weighted by Crippen LogP contribution is -2.00. The Bertz CT molecular complexity index is 256. The van der Waals surface area contributed by atoms with Crippen LogP contribution in [0, 0.1) is 0 Å². The molecule has 0 saturated heterocycles. The van der Waals surface area contributed by atoms with Gasteiger partial charge >= 0.3 is 0 Å². The Morgan fingerprint density at radius 3 is 2.43 bits per heavy atom. The molecule has 0 aliphatic heterocycles. The van der Waals surface area contributed by atoms with E-state index in [0.29, 0.717) is 5.92 Å². The van der Waals surface area contributed by atoms with E-state index in [1.165, 1.54) is 18.4 Å². The van der Waals surface area contributed by atoms with Crippen molar-refractivity contribution in [2.75, 3.05) is 6.54 Å². The summed E-state index contributed by atoms with van der Waals surface area (Å²) in [4.78, 5) is 0. The van der Waals surface area contributed by atoms with Gasteiger partial charge in [-0.1, -0.05) is 37.1 Å². The molecule has 2 N–H and O–H groups in total. The van der Waals surface area contributed by atoms with Gasteiger partial charge in [0.1, 0.15) is 0 Å². The van der Waals surface area contributed by atoms with Crippen LogP contribution < -0.4 is 5.73 Å². The third-order valence-corrected chi connectivity index (χ3v) is 2.78. The maximum Gasteiger partial charge on any atom is 0.0406 e. The first kappa shape index (κ1) is 11.5. The van der Waals surface area contributed by atoms with Crippen LogP contribution in [0.1, 0.15) is 37.7 Å². The highest BCUT2D eigenvalue weighted by Gasteiger charge is 2.04. The molecule has 1 nitrogen and oxygen atoms in total. The number of nitrogens with two attached hydrogens (primary N) is 1. The molecule has 0 saturated carbocycles. The quantitative estimate of drug-likeness (QED) is 0.741. The van der Waals surface area contributed by atoms with E-state index in [2.05, 4.69) is 19.1 Å². The first-order valence-electron chi connectivity index (χ1n) is 5.19. The number of benzene rings is 1. The van der Waals surface area contributed by atoms with Crippen LogP contribution in [0.25, 0.3) is 0 Å². The van der Waals surface area contributed by atoms with Crippen molar-refractivity contribution >= 4 is 11.6 Å². The van der Waals surface area contributed by atoms with E-state index >= 15 is 0 Å². The van der Waals surface area contributed by atoms with Crippen LogP contribution in [0.15, 0.2) is 24.3 Å². The van der Waals surface area contributed by atoms with Crippen molar-refractivity contribution < 1.29 is 0 Å². The van der Waals surface area contributed by atoms with Crippen LogP contribution in [0.4, 0.5) is 0 Å². The van der Waals surface area contributed by atoms with Gasteiger partial charge in [0, 0.05) is 5.02 Å². The van der Waals surface area contributed by atoms with Gasteiger partial charge in [-0.25, -0.2) is 0 Å². The summed E-state index contributed by atoms with van der Waals surface area (Å²) in [7, 11) is 0. The molecule has 0 aliphatic carbocycles. The summed E-state index contributed by atoms with van der Waals surface area (Å²) < 4.78 is 0. The highest BCUT2D eigenvalue weighted by molar-refractivity contribution is 6.30. The molecule has 1 aromatic rings. The Morgan fingerprint density at radius 2 is 1.86 bits per heavy atom. The van der Waals surface area contributed by atoms with E-state index in [-0.39, 0.29) is 0 Å². The maximum absolute atomic E-state index is 5.83. The van der Waals surface area contributed by atoms with E-state index in [1.54, 1.807) is 0 Å². The fraction of sp³-hybridized carbons (Fsp3) is 0.500. The summed E-state index contributed by atoms with van der Waals surface area (Å²) in [6.45, 7) is 3.05. The molecule has 2 heteroatoms. The van der Waals surface area contributed by atoms with Gasteiger partial charge in [0.15, 0.2) is 0 Å². The van der Waals surface area contributed by atoms with E-state index in [9.17, 15) is 0 Å². The van der Waals surface area contributed by atoms with E-state index in [4.69, 9.17) is 17.3 Å². The average Bonchev–Trinajstić information content (AvgIpc) is 2.19. The monoisotopic (exact) mass is 211 g/mol. The summed E-state index contributed by atoms with van der Waals surface area (Å²) in [5.74, 6) is 0.610. The summed E-state index contributed by atoms with van der Waals surface area (Å²) >= 11 is 5.83. The third kappa shape index (κ3) is 3.69. The Balaban J connectivity index is 2.43. The van der Waals surface area contributed by atoms with Crippen LogP contribution >= 0.6 is 11.6 Å². The molecule has 0 radical (unpaired) electrons. The first-order valence-corrected chi connectivity index (χ1v) is 5.57.